The maximum absolute atomic E-state index is 12.6. The van der Waals surface area contributed by atoms with Crippen molar-refractivity contribution in [3.63, 3.8) is 0 Å². The second-order valence-electron chi connectivity index (χ2n) is 6.48. The molecule has 1 aromatic heterocycles. The molecule has 2 aliphatic heterocycles. The number of benzene rings is 1. The van der Waals surface area contributed by atoms with E-state index in [2.05, 4.69) is 20.2 Å². The van der Waals surface area contributed by atoms with Gasteiger partial charge in [-0.1, -0.05) is 12.8 Å². The average Bonchev–Trinajstić information content (AvgIpc) is 2.97. The number of hydrogen-bond donors (Lipinski definition) is 1. The maximum Gasteiger partial charge on any atom is 0.274 e. The number of amides is 1. The predicted molar refractivity (Wildman–Crippen MR) is 98.1 cm³/mol. The quantitative estimate of drug-likeness (QED) is 0.913. The molecule has 0 spiro atoms. The molecule has 7 heteroatoms. The molecule has 1 fully saturated rings. The van der Waals surface area contributed by atoms with Gasteiger partial charge in [0.2, 0.25) is 0 Å². The van der Waals surface area contributed by atoms with Gasteiger partial charge in [-0.2, -0.15) is 0 Å². The summed E-state index contributed by atoms with van der Waals surface area (Å²) in [6.07, 6.45) is 6.27. The number of ether oxygens (including phenoxy) is 2. The Morgan fingerprint density at radius 3 is 2.54 bits per heavy atom. The number of rotatable bonds is 3. The van der Waals surface area contributed by atoms with Gasteiger partial charge < -0.3 is 19.7 Å². The van der Waals surface area contributed by atoms with Crippen LogP contribution in [0.5, 0.6) is 11.5 Å². The van der Waals surface area contributed by atoms with Crippen LogP contribution in [-0.2, 0) is 0 Å². The van der Waals surface area contributed by atoms with E-state index in [4.69, 9.17) is 9.47 Å². The summed E-state index contributed by atoms with van der Waals surface area (Å²) in [4.78, 5) is 23.3. The number of fused-ring (bicyclic) bond motifs is 1. The summed E-state index contributed by atoms with van der Waals surface area (Å²) in [5.74, 6) is 1.89. The van der Waals surface area contributed by atoms with Crippen molar-refractivity contribution in [3.05, 3.63) is 36.3 Å². The van der Waals surface area contributed by atoms with Gasteiger partial charge in [-0.3, -0.25) is 4.79 Å². The first kappa shape index (κ1) is 16.6. The van der Waals surface area contributed by atoms with E-state index in [0.29, 0.717) is 36.1 Å². The van der Waals surface area contributed by atoms with Crippen LogP contribution in [0.1, 0.15) is 36.2 Å². The Hall–Kier alpha value is -2.83. The second kappa shape index (κ2) is 7.59. The Bertz CT molecular complexity index is 788. The van der Waals surface area contributed by atoms with E-state index in [1.54, 1.807) is 24.3 Å². The van der Waals surface area contributed by atoms with Crippen molar-refractivity contribution < 1.29 is 14.3 Å². The second-order valence-corrected chi connectivity index (χ2v) is 6.48. The van der Waals surface area contributed by atoms with Crippen LogP contribution in [0.3, 0.4) is 0 Å². The van der Waals surface area contributed by atoms with Crippen LogP contribution >= 0.6 is 0 Å². The van der Waals surface area contributed by atoms with E-state index >= 15 is 0 Å². The molecule has 7 nitrogen and oxygen atoms in total. The fourth-order valence-corrected chi connectivity index (χ4v) is 3.26. The molecule has 3 heterocycles. The molecule has 2 aliphatic rings. The lowest BCUT2D eigenvalue weighted by molar-refractivity contribution is 0.102. The summed E-state index contributed by atoms with van der Waals surface area (Å²) >= 11 is 0. The van der Waals surface area contributed by atoms with Crippen LogP contribution in [-0.4, -0.2) is 42.2 Å². The molecule has 0 unspecified atom stereocenters. The molecule has 0 bridgehead atoms. The number of hydrogen-bond acceptors (Lipinski definition) is 6. The van der Waals surface area contributed by atoms with Crippen molar-refractivity contribution >= 4 is 17.4 Å². The Kier molecular flexibility index (Phi) is 4.86. The van der Waals surface area contributed by atoms with Gasteiger partial charge in [-0.15, -0.1) is 0 Å². The molecule has 1 N–H and O–H groups in total. The standard InChI is InChI=1S/C19H22N4O3/c24-19(22-14-5-6-16-17(11-14)26-10-9-25-16)15-12-18(21-13-20-15)23-7-3-1-2-4-8-23/h5-6,11-13H,1-4,7-10H2,(H,22,24). The molecule has 4 rings (SSSR count). The average molecular weight is 354 g/mol. The van der Waals surface area contributed by atoms with Gasteiger partial charge in [0, 0.05) is 30.9 Å². The first-order valence-corrected chi connectivity index (χ1v) is 9.07. The normalized spacial score (nSPS) is 16.7. The Morgan fingerprint density at radius 2 is 1.73 bits per heavy atom. The van der Waals surface area contributed by atoms with Crippen LogP contribution < -0.4 is 19.7 Å². The summed E-state index contributed by atoms with van der Waals surface area (Å²) in [5, 5.41) is 2.87. The predicted octanol–water partition coefficient (Wildman–Crippen LogP) is 2.88. The van der Waals surface area contributed by atoms with Gasteiger partial charge in [0.25, 0.3) is 5.91 Å². The molecule has 0 radical (unpaired) electrons. The smallest absolute Gasteiger partial charge is 0.274 e. The summed E-state index contributed by atoms with van der Waals surface area (Å²) < 4.78 is 11.1. The van der Waals surface area contributed by atoms with Crippen molar-refractivity contribution in [2.75, 3.05) is 36.5 Å². The lowest BCUT2D eigenvalue weighted by Gasteiger charge is -2.21. The summed E-state index contributed by atoms with van der Waals surface area (Å²) in [6.45, 7) is 2.99. The molecule has 2 aromatic rings. The van der Waals surface area contributed by atoms with Crippen molar-refractivity contribution in [2.24, 2.45) is 0 Å². The number of anilines is 2. The minimum absolute atomic E-state index is 0.264. The highest BCUT2D eigenvalue weighted by Gasteiger charge is 2.16. The molecule has 0 aliphatic carbocycles. The van der Waals surface area contributed by atoms with Gasteiger partial charge in [0.1, 0.15) is 31.1 Å². The van der Waals surface area contributed by atoms with Gasteiger partial charge in [-0.25, -0.2) is 9.97 Å². The van der Waals surface area contributed by atoms with Gasteiger partial charge in [-0.05, 0) is 25.0 Å². The topological polar surface area (TPSA) is 76.6 Å². The van der Waals surface area contributed by atoms with E-state index in [1.165, 1.54) is 19.2 Å². The van der Waals surface area contributed by atoms with Crippen molar-refractivity contribution in [1.82, 2.24) is 9.97 Å². The molecule has 0 atom stereocenters. The molecule has 1 amide bonds. The van der Waals surface area contributed by atoms with Gasteiger partial charge in [0.05, 0.1) is 0 Å². The highest BCUT2D eigenvalue weighted by atomic mass is 16.6. The van der Waals surface area contributed by atoms with Crippen molar-refractivity contribution in [1.29, 1.82) is 0 Å². The first-order valence-electron chi connectivity index (χ1n) is 9.07. The summed E-state index contributed by atoms with van der Waals surface area (Å²) in [5.41, 5.74) is 1.00. The number of carbonyl (C=O) groups excluding carboxylic acids is 1. The summed E-state index contributed by atoms with van der Waals surface area (Å²) in [6, 6.07) is 7.12. The number of carbonyl (C=O) groups is 1. The van der Waals surface area contributed by atoms with Crippen LogP contribution in [0.15, 0.2) is 30.6 Å². The van der Waals surface area contributed by atoms with E-state index in [9.17, 15) is 4.79 Å². The zero-order chi connectivity index (χ0) is 17.8. The number of nitrogens with zero attached hydrogens (tertiary/aromatic N) is 3. The Morgan fingerprint density at radius 1 is 0.962 bits per heavy atom. The molecular weight excluding hydrogens is 332 g/mol. The van der Waals surface area contributed by atoms with E-state index in [1.807, 2.05) is 0 Å². The lowest BCUT2D eigenvalue weighted by atomic mass is 10.2. The molecule has 1 aromatic carbocycles. The van der Waals surface area contributed by atoms with Gasteiger partial charge in [0.15, 0.2) is 11.5 Å². The van der Waals surface area contributed by atoms with Crippen LogP contribution in [0.25, 0.3) is 0 Å². The minimum atomic E-state index is -0.264. The van der Waals surface area contributed by atoms with Gasteiger partial charge >= 0.3 is 0 Å². The highest BCUT2D eigenvalue weighted by molar-refractivity contribution is 6.03. The largest absolute Gasteiger partial charge is 0.486 e. The third kappa shape index (κ3) is 3.71. The van der Waals surface area contributed by atoms with E-state index in [0.717, 1.165) is 31.7 Å². The molecular formula is C19H22N4O3. The van der Waals surface area contributed by atoms with Crippen LogP contribution in [0.2, 0.25) is 0 Å². The minimum Gasteiger partial charge on any atom is -0.486 e. The third-order valence-electron chi connectivity index (χ3n) is 4.62. The fraction of sp³-hybridized carbons (Fsp3) is 0.421. The van der Waals surface area contributed by atoms with Crippen LogP contribution in [0, 0.1) is 0 Å². The maximum atomic E-state index is 12.6. The number of nitrogens with one attached hydrogen (secondary N) is 1. The Balaban J connectivity index is 1.48. The van der Waals surface area contributed by atoms with Crippen molar-refractivity contribution in [2.45, 2.75) is 25.7 Å². The van der Waals surface area contributed by atoms with Crippen LogP contribution in [0.4, 0.5) is 11.5 Å². The zero-order valence-corrected chi connectivity index (χ0v) is 14.6. The molecule has 26 heavy (non-hydrogen) atoms. The molecule has 136 valence electrons. The monoisotopic (exact) mass is 354 g/mol. The summed E-state index contributed by atoms with van der Waals surface area (Å²) in [7, 11) is 0. The third-order valence-corrected chi connectivity index (χ3v) is 4.62. The zero-order valence-electron chi connectivity index (χ0n) is 14.6. The fourth-order valence-electron chi connectivity index (χ4n) is 3.26. The molecule has 1 saturated heterocycles. The van der Waals surface area contributed by atoms with Crippen molar-refractivity contribution in [3.8, 4) is 11.5 Å². The lowest BCUT2D eigenvalue weighted by Crippen LogP contribution is -2.25. The molecule has 0 saturated carbocycles. The van der Waals surface area contributed by atoms with E-state index < -0.39 is 0 Å². The van der Waals surface area contributed by atoms with E-state index in [-0.39, 0.29) is 5.91 Å². The number of aromatic nitrogens is 2. The Labute approximate surface area is 152 Å². The SMILES string of the molecule is O=C(Nc1ccc2c(c1)OCCO2)c1cc(N2CCCCCC2)ncn1. The first-order chi connectivity index (χ1) is 12.8. The highest BCUT2D eigenvalue weighted by Crippen LogP contribution is 2.32.